The summed E-state index contributed by atoms with van der Waals surface area (Å²) in [6.45, 7) is 5.43. The van der Waals surface area contributed by atoms with Gasteiger partial charge in [0.1, 0.15) is 0 Å². The Bertz CT molecular complexity index is 358. The minimum Gasteiger partial charge on any atom is -0.310 e. The van der Waals surface area contributed by atoms with Crippen LogP contribution in [0.5, 0.6) is 0 Å². The van der Waals surface area contributed by atoms with E-state index in [1.165, 1.54) is 23.5 Å². The van der Waals surface area contributed by atoms with Crippen molar-refractivity contribution in [3.05, 3.63) is 33.8 Å². The molecular weight excluding hydrogens is 285 g/mol. The van der Waals surface area contributed by atoms with Crippen LogP contribution in [0.4, 0.5) is 0 Å². The fourth-order valence-corrected chi connectivity index (χ4v) is 2.77. The highest BCUT2D eigenvalue weighted by molar-refractivity contribution is 7.99. The van der Waals surface area contributed by atoms with E-state index in [2.05, 4.69) is 25.2 Å². The first-order valence-corrected chi connectivity index (χ1v) is 8.36. The summed E-state index contributed by atoms with van der Waals surface area (Å²) in [6, 6.07) is 6.25. The third-order valence-electron chi connectivity index (χ3n) is 2.81. The minimum absolute atomic E-state index is 0.367. The fraction of sp³-hybridized carbons (Fsp3) is 0.571. The predicted molar refractivity (Wildman–Crippen MR) is 85.1 cm³/mol. The van der Waals surface area contributed by atoms with Crippen LogP contribution in [0.2, 0.25) is 10.0 Å². The fourth-order valence-electron chi connectivity index (χ4n) is 1.82. The van der Waals surface area contributed by atoms with E-state index in [4.69, 9.17) is 23.2 Å². The number of thioether (sulfide) groups is 1. The van der Waals surface area contributed by atoms with E-state index in [1.54, 1.807) is 0 Å². The van der Waals surface area contributed by atoms with Gasteiger partial charge in [0.05, 0.1) is 10.0 Å². The summed E-state index contributed by atoms with van der Waals surface area (Å²) in [5.41, 5.74) is 1.22. The number of halogens is 2. The Labute approximate surface area is 125 Å². The van der Waals surface area contributed by atoms with Crippen LogP contribution in [0.3, 0.4) is 0 Å². The van der Waals surface area contributed by atoms with Crippen molar-refractivity contribution in [1.82, 2.24) is 5.32 Å². The van der Waals surface area contributed by atoms with E-state index in [9.17, 15) is 0 Å². The van der Waals surface area contributed by atoms with E-state index in [0.29, 0.717) is 16.1 Å². The third-order valence-corrected chi connectivity index (χ3v) is 4.54. The zero-order chi connectivity index (χ0) is 13.4. The maximum atomic E-state index is 6.05. The smallest absolute Gasteiger partial charge is 0.0595 e. The first kappa shape index (κ1) is 16.2. The minimum atomic E-state index is 0.367. The molecule has 0 aromatic heterocycles. The molecule has 0 bridgehead atoms. The summed E-state index contributed by atoms with van der Waals surface area (Å²) in [5, 5.41) is 4.83. The van der Waals surface area contributed by atoms with Gasteiger partial charge in [-0.05, 0) is 48.6 Å². The van der Waals surface area contributed by atoms with Crippen LogP contribution in [-0.2, 0) is 0 Å². The summed E-state index contributed by atoms with van der Waals surface area (Å²) in [7, 11) is 0. The van der Waals surface area contributed by atoms with Gasteiger partial charge in [-0.15, -0.1) is 0 Å². The molecule has 0 aliphatic heterocycles. The van der Waals surface area contributed by atoms with Gasteiger partial charge >= 0.3 is 0 Å². The third kappa shape index (κ3) is 5.40. The molecule has 1 rings (SSSR count). The van der Waals surface area contributed by atoms with Crippen molar-refractivity contribution in [2.24, 2.45) is 0 Å². The molecule has 0 aliphatic carbocycles. The number of nitrogens with one attached hydrogen (secondary N) is 1. The topological polar surface area (TPSA) is 12.0 Å². The van der Waals surface area contributed by atoms with Gasteiger partial charge in [0.15, 0.2) is 0 Å². The summed E-state index contributed by atoms with van der Waals surface area (Å²) >= 11 is 14.0. The van der Waals surface area contributed by atoms with Gasteiger partial charge in [-0.3, -0.25) is 0 Å². The SMILES string of the molecule is CCSCCCNC(CC)c1ccc(Cl)c(Cl)c1. The molecule has 0 amide bonds. The Balaban J connectivity index is 2.47. The quantitative estimate of drug-likeness (QED) is 0.664. The molecule has 1 aromatic rings. The second kappa shape index (κ2) is 9.08. The summed E-state index contributed by atoms with van der Waals surface area (Å²) in [6.07, 6.45) is 2.26. The van der Waals surface area contributed by atoms with Crippen molar-refractivity contribution in [1.29, 1.82) is 0 Å². The molecule has 0 heterocycles. The molecule has 0 aliphatic rings. The second-order valence-electron chi connectivity index (χ2n) is 4.14. The molecule has 0 saturated carbocycles. The molecule has 0 saturated heterocycles. The highest BCUT2D eigenvalue weighted by atomic mass is 35.5. The number of hydrogen-bond donors (Lipinski definition) is 1. The van der Waals surface area contributed by atoms with Crippen molar-refractivity contribution in [2.45, 2.75) is 32.7 Å². The Morgan fingerprint density at radius 1 is 1.22 bits per heavy atom. The van der Waals surface area contributed by atoms with Gasteiger partial charge < -0.3 is 5.32 Å². The summed E-state index contributed by atoms with van der Waals surface area (Å²) in [5.74, 6) is 2.42. The van der Waals surface area contributed by atoms with Gasteiger partial charge in [0.2, 0.25) is 0 Å². The Kier molecular flexibility index (Phi) is 8.16. The molecule has 18 heavy (non-hydrogen) atoms. The highest BCUT2D eigenvalue weighted by Gasteiger charge is 2.09. The van der Waals surface area contributed by atoms with Gasteiger partial charge in [-0.25, -0.2) is 0 Å². The summed E-state index contributed by atoms with van der Waals surface area (Å²) in [4.78, 5) is 0. The van der Waals surface area contributed by atoms with Crippen LogP contribution >= 0.6 is 35.0 Å². The van der Waals surface area contributed by atoms with Gasteiger partial charge in [0, 0.05) is 6.04 Å². The van der Waals surface area contributed by atoms with Crippen LogP contribution in [0.25, 0.3) is 0 Å². The lowest BCUT2D eigenvalue weighted by Gasteiger charge is -2.18. The highest BCUT2D eigenvalue weighted by Crippen LogP contribution is 2.26. The normalized spacial score (nSPS) is 12.7. The zero-order valence-electron chi connectivity index (χ0n) is 11.0. The second-order valence-corrected chi connectivity index (χ2v) is 6.35. The first-order valence-electron chi connectivity index (χ1n) is 6.45. The molecule has 0 spiro atoms. The van der Waals surface area contributed by atoms with Crippen molar-refractivity contribution >= 4 is 35.0 Å². The van der Waals surface area contributed by atoms with E-state index in [0.717, 1.165) is 13.0 Å². The van der Waals surface area contributed by atoms with Crippen LogP contribution in [-0.4, -0.2) is 18.1 Å². The van der Waals surface area contributed by atoms with Crippen LogP contribution in [0, 0.1) is 0 Å². The zero-order valence-corrected chi connectivity index (χ0v) is 13.3. The lowest BCUT2D eigenvalue weighted by atomic mass is 10.0. The Morgan fingerprint density at radius 2 is 2.00 bits per heavy atom. The first-order chi connectivity index (χ1) is 8.69. The lowest BCUT2D eigenvalue weighted by Crippen LogP contribution is -2.22. The molecule has 1 atom stereocenters. The molecule has 102 valence electrons. The summed E-state index contributed by atoms with van der Waals surface area (Å²) < 4.78 is 0. The van der Waals surface area contributed by atoms with Crippen molar-refractivity contribution in [3.63, 3.8) is 0 Å². The molecule has 1 nitrogen and oxygen atoms in total. The number of benzene rings is 1. The van der Waals surface area contributed by atoms with E-state index < -0.39 is 0 Å². The monoisotopic (exact) mass is 305 g/mol. The van der Waals surface area contributed by atoms with E-state index in [1.807, 2.05) is 23.9 Å². The molecule has 1 aromatic carbocycles. The van der Waals surface area contributed by atoms with Crippen molar-refractivity contribution in [3.8, 4) is 0 Å². The van der Waals surface area contributed by atoms with Gasteiger partial charge in [-0.2, -0.15) is 11.8 Å². The Hall–Kier alpha value is 0.110. The number of hydrogen-bond acceptors (Lipinski definition) is 2. The molecule has 0 radical (unpaired) electrons. The van der Waals surface area contributed by atoms with Gasteiger partial charge in [0.25, 0.3) is 0 Å². The van der Waals surface area contributed by atoms with Crippen LogP contribution in [0.15, 0.2) is 18.2 Å². The molecule has 1 unspecified atom stereocenters. The average Bonchev–Trinajstić information content (AvgIpc) is 2.37. The van der Waals surface area contributed by atoms with E-state index >= 15 is 0 Å². The van der Waals surface area contributed by atoms with Crippen LogP contribution < -0.4 is 5.32 Å². The van der Waals surface area contributed by atoms with E-state index in [-0.39, 0.29) is 0 Å². The molecular formula is C14H21Cl2NS. The average molecular weight is 306 g/mol. The molecule has 1 N–H and O–H groups in total. The predicted octanol–water partition coefficient (Wildman–Crippen LogP) is 5.18. The lowest BCUT2D eigenvalue weighted by molar-refractivity contribution is 0.520. The van der Waals surface area contributed by atoms with Crippen molar-refractivity contribution in [2.75, 3.05) is 18.1 Å². The van der Waals surface area contributed by atoms with Crippen molar-refractivity contribution < 1.29 is 0 Å². The largest absolute Gasteiger partial charge is 0.310 e. The van der Waals surface area contributed by atoms with Gasteiger partial charge in [-0.1, -0.05) is 43.1 Å². The molecule has 0 fully saturated rings. The molecule has 4 heteroatoms. The standard InChI is InChI=1S/C14H21Cl2NS/c1-3-14(17-8-5-9-18-4-2)11-6-7-12(15)13(16)10-11/h6-7,10,14,17H,3-5,8-9H2,1-2H3. The van der Waals surface area contributed by atoms with Crippen LogP contribution in [0.1, 0.15) is 38.3 Å². The Morgan fingerprint density at radius 3 is 2.61 bits per heavy atom. The number of rotatable bonds is 8. The maximum absolute atomic E-state index is 6.05. The maximum Gasteiger partial charge on any atom is 0.0595 e.